The van der Waals surface area contributed by atoms with E-state index in [1.165, 1.54) is 6.92 Å². The number of hydrogen-bond donors (Lipinski definition) is 5. The van der Waals surface area contributed by atoms with Gasteiger partial charge in [-0.25, -0.2) is 9.59 Å². The highest BCUT2D eigenvalue weighted by Crippen LogP contribution is 2.19. The Morgan fingerprint density at radius 1 is 1.55 bits per heavy atom. The molecule has 0 spiro atoms. The van der Waals surface area contributed by atoms with Crippen molar-refractivity contribution in [3.05, 3.63) is 11.7 Å². The molecule has 122 valence electrons. The van der Waals surface area contributed by atoms with Crippen molar-refractivity contribution < 1.29 is 24.3 Å². The van der Waals surface area contributed by atoms with Crippen LogP contribution >= 0.6 is 0 Å². The Morgan fingerprint density at radius 3 is 2.91 bits per heavy atom. The maximum atomic E-state index is 11.6. The van der Waals surface area contributed by atoms with Gasteiger partial charge in [0.1, 0.15) is 0 Å². The fourth-order valence-corrected chi connectivity index (χ4v) is 2.12. The highest BCUT2D eigenvalue weighted by molar-refractivity contribution is 5.82. The molecule has 2 rings (SSSR count). The molecule has 0 aliphatic carbocycles. The number of carbonyl (C=O) groups excluding carboxylic acids is 1. The fraction of sp³-hybridized carbons (Fsp3) is 0.667. The van der Waals surface area contributed by atoms with E-state index in [1.807, 2.05) is 0 Å². The van der Waals surface area contributed by atoms with E-state index in [4.69, 9.17) is 9.63 Å². The first-order chi connectivity index (χ1) is 10.5. The van der Waals surface area contributed by atoms with Crippen LogP contribution in [0, 0.1) is 0 Å². The summed E-state index contributed by atoms with van der Waals surface area (Å²) in [5.74, 6) is -0.553. The number of carbonyl (C=O) groups is 2. The molecule has 0 bridgehead atoms. The number of carboxylic acid groups (broad SMARTS) is 1. The van der Waals surface area contributed by atoms with Crippen LogP contribution in [0.25, 0.3) is 0 Å². The zero-order chi connectivity index (χ0) is 16.1. The second-order valence-electron chi connectivity index (χ2n) is 5.08. The van der Waals surface area contributed by atoms with E-state index in [-0.39, 0.29) is 18.5 Å². The van der Waals surface area contributed by atoms with Crippen LogP contribution in [0.1, 0.15) is 37.5 Å². The van der Waals surface area contributed by atoms with Crippen molar-refractivity contribution in [1.82, 2.24) is 26.1 Å². The Kier molecular flexibility index (Phi) is 5.28. The zero-order valence-electron chi connectivity index (χ0n) is 12.1. The topological polar surface area (TPSA) is 150 Å². The van der Waals surface area contributed by atoms with Crippen molar-refractivity contribution in [2.75, 3.05) is 6.54 Å². The summed E-state index contributed by atoms with van der Waals surface area (Å²) in [5, 5.41) is 29.7. The number of aliphatic carboxylic acids is 1. The molecule has 1 aliphatic rings. The number of rotatable bonds is 6. The number of nitrogens with zero attached hydrogens (tertiary/aromatic N) is 2. The molecule has 1 aromatic heterocycles. The molecule has 22 heavy (non-hydrogen) atoms. The van der Waals surface area contributed by atoms with Gasteiger partial charge in [-0.15, -0.1) is 0 Å². The third-order valence-electron chi connectivity index (χ3n) is 3.29. The Labute approximate surface area is 126 Å². The van der Waals surface area contributed by atoms with Crippen LogP contribution in [0.2, 0.25) is 0 Å². The van der Waals surface area contributed by atoms with E-state index >= 15 is 0 Å². The second kappa shape index (κ2) is 7.18. The third-order valence-corrected chi connectivity index (χ3v) is 3.29. The van der Waals surface area contributed by atoms with E-state index in [9.17, 15) is 14.7 Å². The van der Waals surface area contributed by atoms with Crippen LogP contribution in [-0.4, -0.2) is 51.0 Å². The summed E-state index contributed by atoms with van der Waals surface area (Å²) in [6.07, 6.45) is 0.763. The smallest absolute Gasteiger partial charge is 0.328 e. The van der Waals surface area contributed by atoms with E-state index in [0.717, 1.165) is 19.4 Å². The van der Waals surface area contributed by atoms with E-state index < -0.39 is 24.1 Å². The van der Waals surface area contributed by atoms with Gasteiger partial charge in [0, 0.05) is 0 Å². The Hall–Kier alpha value is -2.20. The Bertz CT molecular complexity index is 526. The van der Waals surface area contributed by atoms with Gasteiger partial charge in [0.15, 0.2) is 11.9 Å². The lowest BCUT2D eigenvalue weighted by Crippen LogP contribution is -2.51. The van der Waals surface area contributed by atoms with Crippen LogP contribution < -0.4 is 16.0 Å². The van der Waals surface area contributed by atoms with Gasteiger partial charge in [-0.3, -0.25) is 0 Å². The highest BCUT2D eigenvalue weighted by atomic mass is 16.5. The van der Waals surface area contributed by atoms with Gasteiger partial charge >= 0.3 is 12.0 Å². The summed E-state index contributed by atoms with van der Waals surface area (Å²) in [5.41, 5.74) is 0. The maximum Gasteiger partial charge on any atom is 0.328 e. The summed E-state index contributed by atoms with van der Waals surface area (Å²) >= 11 is 0. The monoisotopic (exact) mass is 313 g/mol. The normalized spacial score (nSPS) is 20.4. The number of aliphatic hydroxyl groups excluding tert-OH is 1. The largest absolute Gasteiger partial charge is 0.480 e. The minimum atomic E-state index is -1.39. The van der Waals surface area contributed by atoms with Gasteiger partial charge in [-0.2, -0.15) is 4.98 Å². The van der Waals surface area contributed by atoms with Gasteiger partial charge in [0.2, 0.25) is 5.89 Å². The minimum Gasteiger partial charge on any atom is -0.480 e. The first kappa shape index (κ1) is 16.2. The number of aliphatic hydroxyl groups is 1. The van der Waals surface area contributed by atoms with Crippen LogP contribution in [0.3, 0.4) is 0 Å². The lowest BCUT2D eigenvalue weighted by Gasteiger charge is -2.16. The van der Waals surface area contributed by atoms with Gasteiger partial charge in [-0.05, 0) is 26.3 Å². The predicted molar refractivity (Wildman–Crippen MR) is 72.8 cm³/mol. The van der Waals surface area contributed by atoms with Crippen LogP contribution in [-0.2, 0) is 11.3 Å². The second-order valence-corrected chi connectivity index (χ2v) is 5.08. The molecule has 1 fully saturated rings. The van der Waals surface area contributed by atoms with Crippen molar-refractivity contribution in [1.29, 1.82) is 0 Å². The number of carboxylic acids is 1. The van der Waals surface area contributed by atoms with Crippen molar-refractivity contribution in [3.63, 3.8) is 0 Å². The molecule has 0 saturated carbocycles. The van der Waals surface area contributed by atoms with Crippen molar-refractivity contribution in [3.8, 4) is 0 Å². The van der Waals surface area contributed by atoms with Crippen molar-refractivity contribution in [2.45, 2.75) is 44.5 Å². The van der Waals surface area contributed by atoms with Gasteiger partial charge in [0.25, 0.3) is 0 Å². The summed E-state index contributed by atoms with van der Waals surface area (Å²) in [7, 11) is 0. The molecule has 1 aromatic rings. The molecule has 0 radical (unpaired) electrons. The number of urea groups is 1. The molecule has 5 N–H and O–H groups in total. The van der Waals surface area contributed by atoms with E-state index in [2.05, 4.69) is 26.1 Å². The standard InChI is InChI=1S/C12H19N5O5/c1-6(18)9(11(19)20)16-12(21)14-5-8-15-10(17-22-8)7-3-2-4-13-7/h6-7,9,13,18H,2-5H2,1H3,(H,19,20)(H2,14,16,21). The lowest BCUT2D eigenvalue weighted by molar-refractivity contribution is -0.141. The molecule has 10 heteroatoms. The van der Waals surface area contributed by atoms with E-state index in [0.29, 0.717) is 5.82 Å². The van der Waals surface area contributed by atoms with Crippen molar-refractivity contribution >= 4 is 12.0 Å². The lowest BCUT2D eigenvalue weighted by atomic mass is 10.2. The summed E-state index contributed by atoms with van der Waals surface area (Å²) in [4.78, 5) is 26.6. The Balaban J connectivity index is 1.82. The van der Waals surface area contributed by atoms with Crippen LogP contribution in [0.4, 0.5) is 4.79 Å². The number of amides is 2. The minimum absolute atomic E-state index is 0.0301. The molecule has 3 atom stereocenters. The summed E-state index contributed by atoms with van der Waals surface area (Å²) < 4.78 is 5.02. The first-order valence-corrected chi connectivity index (χ1v) is 6.98. The quantitative estimate of drug-likeness (QED) is 0.455. The fourth-order valence-electron chi connectivity index (χ4n) is 2.12. The van der Waals surface area contributed by atoms with E-state index in [1.54, 1.807) is 0 Å². The number of hydrogen-bond acceptors (Lipinski definition) is 7. The molecular formula is C12H19N5O5. The molecule has 10 nitrogen and oxygen atoms in total. The Morgan fingerprint density at radius 2 is 2.32 bits per heavy atom. The van der Waals surface area contributed by atoms with Gasteiger partial charge in [0.05, 0.1) is 18.7 Å². The zero-order valence-corrected chi connectivity index (χ0v) is 12.1. The molecule has 0 aromatic carbocycles. The molecule has 2 amide bonds. The van der Waals surface area contributed by atoms with Crippen LogP contribution in [0.5, 0.6) is 0 Å². The first-order valence-electron chi connectivity index (χ1n) is 6.98. The summed E-state index contributed by atoms with van der Waals surface area (Å²) in [6.45, 7) is 2.15. The molecule has 3 unspecified atom stereocenters. The predicted octanol–water partition coefficient (Wildman–Crippen LogP) is -0.873. The van der Waals surface area contributed by atoms with Gasteiger partial charge in [-0.1, -0.05) is 5.16 Å². The SMILES string of the molecule is CC(O)C(NC(=O)NCc1nc(C2CCCN2)no1)C(=O)O. The third kappa shape index (κ3) is 4.15. The molecule has 2 heterocycles. The summed E-state index contributed by atoms with van der Waals surface area (Å²) in [6, 6.07) is -2.06. The van der Waals surface area contributed by atoms with Gasteiger partial charge < -0.3 is 30.7 Å². The molecule has 1 saturated heterocycles. The average molecular weight is 313 g/mol. The number of nitrogens with one attached hydrogen (secondary N) is 3. The maximum absolute atomic E-state index is 11.6. The van der Waals surface area contributed by atoms with Crippen molar-refractivity contribution in [2.24, 2.45) is 0 Å². The molecule has 1 aliphatic heterocycles. The van der Waals surface area contributed by atoms with Crippen LogP contribution in [0.15, 0.2) is 4.52 Å². The molecular weight excluding hydrogens is 294 g/mol. The average Bonchev–Trinajstić information content (AvgIpc) is 3.12. The highest BCUT2D eigenvalue weighted by Gasteiger charge is 2.25. The number of aromatic nitrogens is 2.